The minimum absolute atomic E-state index is 0.318. The van der Waals surface area contributed by atoms with Crippen molar-refractivity contribution in [2.75, 3.05) is 31.1 Å². The molecule has 0 amide bonds. The summed E-state index contributed by atoms with van der Waals surface area (Å²) < 4.78 is 4.55. The highest BCUT2D eigenvalue weighted by Crippen LogP contribution is 2.36. The van der Waals surface area contributed by atoms with Gasteiger partial charge in [-0.1, -0.05) is 23.4 Å². The molecule has 2 aromatic carbocycles. The molecule has 3 rings (SSSR count). The normalized spacial score (nSPS) is 13.7. The highest BCUT2D eigenvalue weighted by atomic mass is 35.5. The quantitative estimate of drug-likeness (QED) is 0.706. The number of rotatable bonds is 4. The van der Waals surface area contributed by atoms with Gasteiger partial charge in [0.15, 0.2) is 0 Å². The second-order valence-electron chi connectivity index (χ2n) is 7.41. The van der Waals surface area contributed by atoms with Gasteiger partial charge in [-0.2, -0.15) is 5.26 Å². The van der Waals surface area contributed by atoms with E-state index in [2.05, 4.69) is 27.1 Å². The summed E-state index contributed by atoms with van der Waals surface area (Å²) in [5, 5.41) is 13.3. The standard InChI is InChI=1S/C17H16ClN3S.C5H10O2/c18-14-2-4-15(5-3-14)22-17-11-13(12-19)1-6-16(17)21-9-7-20-8-10-21;1-5(2,3)7-4-6/h1-6,11,20H,7-10H2;4H,1-3H3. The molecule has 1 aliphatic heterocycles. The number of nitriles is 1. The van der Waals surface area contributed by atoms with Crippen LogP contribution in [0.2, 0.25) is 5.02 Å². The maximum atomic E-state index is 9.60. The van der Waals surface area contributed by atoms with Crippen LogP contribution in [0.25, 0.3) is 0 Å². The maximum Gasteiger partial charge on any atom is 0.293 e. The fraction of sp³-hybridized carbons (Fsp3) is 0.364. The van der Waals surface area contributed by atoms with Crippen molar-refractivity contribution >= 4 is 35.5 Å². The lowest BCUT2D eigenvalue weighted by atomic mass is 10.2. The molecule has 1 N–H and O–H groups in total. The molecule has 5 nitrogen and oxygen atoms in total. The Balaban J connectivity index is 0.000000370. The van der Waals surface area contributed by atoms with Crippen molar-refractivity contribution in [3.63, 3.8) is 0 Å². The van der Waals surface area contributed by atoms with Gasteiger partial charge < -0.3 is 15.0 Å². The van der Waals surface area contributed by atoms with Crippen molar-refractivity contribution in [3.05, 3.63) is 53.1 Å². The summed E-state index contributed by atoms with van der Waals surface area (Å²) in [6.07, 6.45) is 0. The molecule has 1 saturated heterocycles. The minimum atomic E-state index is -0.318. The third-order valence-electron chi connectivity index (χ3n) is 3.99. The van der Waals surface area contributed by atoms with Crippen LogP contribution in [0, 0.1) is 11.3 Å². The molecular weight excluding hydrogens is 406 g/mol. The predicted octanol–water partition coefficient (Wildman–Crippen LogP) is 4.73. The van der Waals surface area contributed by atoms with Crippen LogP contribution in [0.5, 0.6) is 0 Å². The molecule has 0 bridgehead atoms. The number of nitrogens with zero attached hydrogens (tertiary/aromatic N) is 2. The van der Waals surface area contributed by atoms with Crippen LogP contribution in [0.3, 0.4) is 0 Å². The molecule has 2 aromatic rings. The van der Waals surface area contributed by atoms with Gasteiger partial charge >= 0.3 is 0 Å². The van der Waals surface area contributed by atoms with E-state index >= 15 is 0 Å². The highest BCUT2D eigenvalue weighted by molar-refractivity contribution is 7.99. The number of nitrogens with one attached hydrogen (secondary N) is 1. The number of carbonyl (C=O) groups excluding carboxylic acids is 1. The fourth-order valence-electron chi connectivity index (χ4n) is 2.61. The number of benzene rings is 2. The summed E-state index contributed by atoms with van der Waals surface area (Å²) in [7, 11) is 0. The van der Waals surface area contributed by atoms with Crippen molar-refractivity contribution in [2.45, 2.75) is 36.2 Å². The van der Waals surface area contributed by atoms with Gasteiger partial charge in [0, 0.05) is 41.0 Å². The monoisotopic (exact) mass is 431 g/mol. The van der Waals surface area contributed by atoms with Gasteiger partial charge in [0.2, 0.25) is 0 Å². The first-order valence-corrected chi connectivity index (χ1v) is 10.6. The zero-order chi connectivity index (χ0) is 21.3. The molecule has 0 saturated carbocycles. The van der Waals surface area contributed by atoms with Gasteiger partial charge in [0.25, 0.3) is 6.47 Å². The average Bonchev–Trinajstić information content (AvgIpc) is 2.70. The lowest BCUT2D eigenvalue weighted by molar-refractivity contribution is -0.138. The first-order valence-electron chi connectivity index (χ1n) is 9.37. The topological polar surface area (TPSA) is 65.4 Å². The van der Waals surface area contributed by atoms with Gasteiger partial charge in [-0.05, 0) is 63.2 Å². The van der Waals surface area contributed by atoms with Crippen molar-refractivity contribution in [1.29, 1.82) is 5.26 Å². The van der Waals surface area contributed by atoms with E-state index in [1.165, 1.54) is 5.69 Å². The van der Waals surface area contributed by atoms with Crippen molar-refractivity contribution in [2.24, 2.45) is 0 Å². The summed E-state index contributed by atoms with van der Waals surface area (Å²) in [5.41, 5.74) is 1.57. The molecule has 1 fully saturated rings. The van der Waals surface area contributed by atoms with Gasteiger partial charge in [0.05, 0.1) is 17.3 Å². The lowest BCUT2D eigenvalue weighted by Crippen LogP contribution is -2.43. The minimum Gasteiger partial charge on any atom is -0.462 e. The lowest BCUT2D eigenvalue weighted by Gasteiger charge is -2.31. The first-order chi connectivity index (χ1) is 13.8. The molecule has 1 aliphatic rings. The van der Waals surface area contributed by atoms with Crippen molar-refractivity contribution in [3.8, 4) is 6.07 Å². The number of piperazine rings is 1. The Labute approximate surface area is 182 Å². The van der Waals surface area contributed by atoms with E-state index in [1.54, 1.807) is 11.8 Å². The van der Waals surface area contributed by atoms with Crippen LogP contribution in [0.4, 0.5) is 5.69 Å². The molecule has 29 heavy (non-hydrogen) atoms. The average molecular weight is 432 g/mol. The molecule has 0 aliphatic carbocycles. The summed E-state index contributed by atoms with van der Waals surface area (Å²) in [6.45, 7) is 9.88. The number of halogens is 1. The molecule has 154 valence electrons. The SMILES string of the molecule is CC(C)(C)OC=O.N#Cc1ccc(N2CCNCC2)c(Sc2ccc(Cl)cc2)c1. The molecular formula is C22H26ClN3O2S. The Morgan fingerprint density at radius 2 is 1.83 bits per heavy atom. The van der Waals surface area contributed by atoms with Crippen LogP contribution in [-0.2, 0) is 9.53 Å². The second kappa shape index (κ2) is 11.1. The van der Waals surface area contributed by atoms with Gasteiger partial charge in [-0.15, -0.1) is 0 Å². The third kappa shape index (κ3) is 7.98. The molecule has 1 heterocycles. The predicted molar refractivity (Wildman–Crippen MR) is 119 cm³/mol. The van der Waals surface area contributed by atoms with Crippen LogP contribution in [0.15, 0.2) is 52.3 Å². The van der Waals surface area contributed by atoms with Gasteiger partial charge in [-0.3, -0.25) is 4.79 Å². The Morgan fingerprint density at radius 1 is 1.17 bits per heavy atom. The van der Waals surface area contributed by atoms with E-state index in [-0.39, 0.29) is 5.60 Å². The van der Waals surface area contributed by atoms with E-state index in [9.17, 15) is 4.79 Å². The largest absolute Gasteiger partial charge is 0.462 e. The van der Waals surface area contributed by atoms with Gasteiger partial charge in [-0.25, -0.2) is 0 Å². The first kappa shape index (κ1) is 23.1. The smallest absolute Gasteiger partial charge is 0.293 e. The molecule has 0 unspecified atom stereocenters. The van der Waals surface area contributed by atoms with E-state index in [4.69, 9.17) is 16.9 Å². The Kier molecular flexibility index (Phi) is 8.84. The molecule has 0 radical (unpaired) electrons. The van der Waals surface area contributed by atoms with Crippen molar-refractivity contribution < 1.29 is 9.53 Å². The van der Waals surface area contributed by atoms with Crippen LogP contribution in [-0.4, -0.2) is 38.3 Å². The molecule has 7 heteroatoms. The number of carbonyl (C=O) groups is 1. The van der Waals surface area contributed by atoms with E-state index < -0.39 is 0 Å². The number of hydrogen-bond donors (Lipinski definition) is 1. The summed E-state index contributed by atoms with van der Waals surface area (Å²) in [5.74, 6) is 0. The molecule has 0 atom stereocenters. The zero-order valence-electron chi connectivity index (χ0n) is 16.9. The number of anilines is 1. The highest BCUT2D eigenvalue weighted by Gasteiger charge is 2.15. The van der Waals surface area contributed by atoms with E-state index in [0.29, 0.717) is 12.0 Å². The number of hydrogen-bond acceptors (Lipinski definition) is 6. The van der Waals surface area contributed by atoms with Crippen LogP contribution < -0.4 is 10.2 Å². The summed E-state index contributed by atoms with van der Waals surface area (Å²) in [4.78, 5) is 14.2. The third-order valence-corrected chi connectivity index (χ3v) is 5.30. The van der Waals surface area contributed by atoms with Crippen LogP contribution in [0.1, 0.15) is 26.3 Å². The Morgan fingerprint density at radius 3 is 2.34 bits per heavy atom. The Hall–Kier alpha value is -2.20. The number of ether oxygens (including phenoxy) is 1. The fourth-order valence-corrected chi connectivity index (χ4v) is 3.75. The maximum absolute atomic E-state index is 9.60. The van der Waals surface area contributed by atoms with E-state index in [1.807, 2.05) is 57.2 Å². The van der Waals surface area contributed by atoms with E-state index in [0.717, 1.165) is 41.0 Å². The second-order valence-corrected chi connectivity index (χ2v) is 8.97. The van der Waals surface area contributed by atoms with Crippen molar-refractivity contribution in [1.82, 2.24) is 5.32 Å². The molecule has 0 spiro atoms. The summed E-state index contributed by atoms with van der Waals surface area (Å²) in [6, 6.07) is 15.9. The van der Waals surface area contributed by atoms with Crippen LogP contribution >= 0.6 is 23.4 Å². The van der Waals surface area contributed by atoms with Gasteiger partial charge in [0.1, 0.15) is 5.60 Å². The summed E-state index contributed by atoms with van der Waals surface area (Å²) >= 11 is 7.62. The molecule has 0 aromatic heterocycles. The zero-order valence-corrected chi connectivity index (χ0v) is 18.5. The Bertz CT molecular complexity index is 839.